The van der Waals surface area contributed by atoms with Gasteiger partial charge < -0.3 is 20.3 Å². The van der Waals surface area contributed by atoms with Crippen molar-refractivity contribution in [3.8, 4) is 5.75 Å². The first-order chi connectivity index (χ1) is 31.1. The largest absolute Gasteiger partial charge is 0.493 e. The second kappa shape index (κ2) is 22.3. The van der Waals surface area contributed by atoms with Crippen molar-refractivity contribution >= 4 is 64.3 Å². The Bertz CT molecular complexity index is 2300. The zero-order valence-electron chi connectivity index (χ0n) is 35.7. The molecule has 2 saturated heterocycles. The summed E-state index contributed by atoms with van der Waals surface area (Å²) < 4.78 is 7.79. The van der Waals surface area contributed by atoms with Crippen LogP contribution in [0.25, 0.3) is 0 Å². The summed E-state index contributed by atoms with van der Waals surface area (Å²) in [7, 11) is 0. The number of aryl methyl sites for hydroxylation is 2. The first-order valence-corrected chi connectivity index (χ1v) is 23.0. The predicted octanol–water partition coefficient (Wildman–Crippen LogP) is 6.38. The molecule has 3 aliphatic rings. The Balaban J connectivity index is 0.690. The number of hydrogen-bond acceptors (Lipinski definition) is 11. The molecule has 1 atom stereocenters. The molecular formula is C45H54Cl2N10O7. The molecule has 64 heavy (non-hydrogen) atoms. The number of anilines is 1. The van der Waals surface area contributed by atoms with Crippen LogP contribution in [0.4, 0.5) is 5.69 Å². The molecule has 0 aliphatic carbocycles. The van der Waals surface area contributed by atoms with E-state index in [2.05, 4.69) is 41.4 Å². The van der Waals surface area contributed by atoms with E-state index in [0.29, 0.717) is 25.3 Å². The van der Waals surface area contributed by atoms with Gasteiger partial charge in [0, 0.05) is 38.3 Å². The van der Waals surface area contributed by atoms with Gasteiger partial charge >= 0.3 is 0 Å². The number of likely N-dealkylation sites (tertiary alicyclic amines) is 1. The quantitative estimate of drug-likeness (QED) is 0.0502. The summed E-state index contributed by atoms with van der Waals surface area (Å²) in [6.45, 7) is 3.93. The maximum atomic E-state index is 13.3. The van der Waals surface area contributed by atoms with Crippen molar-refractivity contribution in [3.05, 3.63) is 86.9 Å². The average molecular weight is 918 g/mol. The third-order valence-electron chi connectivity index (χ3n) is 11.9. The number of hydrogen-bond donors (Lipinski definition) is 4. The minimum Gasteiger partial charge on any atom is -0.493 e. The molecule has 4 N–H and O–H groups in total. The molecule has 0 spiro atoms. The molecule has 7 rings (SSSR count). The van der Waals surface area contributed by atoms with Crippen molar-refractivity contribution < 1.29 is 33.5 Å². The third-order valence-corrected chi connectivity index (χ3v) is 12.6. The second-order valence-corrected chi connectivity index (χ2v) is 17.3. The van der Waals surface area contributed by atoms with Crippen LogP contribution in [0.15, 0.2) is 48.8 Å². The number of benzene rings is 2. The lowest BCUT2D eigenvalue weighted by atomic mass is 10.0. The molecule has 0 radical (unpaired) electrons. The van der Waals surface area contributed by atoms with Gasteiger partial charge in [0.15, 0.2) is 0 Å². The van der Waals surface area contributed by atoms with Crippen molar-refractivity contribution in [2.45, 2.75) is 115 Å². The summed E-state index contributed by atoms with van der Waals surface area (Å²) in [6, 6.07) is 8.68. The predicted molar refractivity (Wildman–Crippen MR) is 238 cm³/mol. The van der Waals surface area contributed by atoms with Crippen molar-refractivity contribution in [3.63, 3.8) is 0 Å². The first-order valence-electron chi connectivity index (χ1n) is 22.3. The molecule has 6 amide bonds. The maximum absolute atomic E-state index is 13.3. The zero-order valence-corrected chi connectivity index (χ0v) is 37.2. The van der Waals surface area contributed by atoms with Crippen LogP contribution in [-0.4, -0.2) is 109 Å². The van der Waals surface area contributed by atoms with E-state index in [1.807, 2.05) is 10.9 Å². The Morgan fingerprint density at radius 3 is 2.27 bits per heavy atom. The van der Waals surface area contributed by atoms with Crippen LogP contribution in [0.5, 0.6) is 5.75 Å². The van der Waals surface area contributed by atoms with Gasteiger partial charge in [0.25, 0.3) is 23.6 Å². The Kier molecular flexibility index (Phi) is 16.2. The number of halogens is 2. The fourth-order valence-corrected chi connectivity index (χ4v) is 9.01. The molecule has 0 saturated carbocycles. The smallest absolute Gasteiger partial charge is 0.271 e. The summed E-state index contributed by atoms with van der Waals surface area (Å²) in [5, 5.41) is 23.7. The van der Waals surface area contributed by atoms with Gasteiger partial charge in [-0.25, -0.2) is 0 Å². The van der Waals surface area contributed by atoms with Crippen LogP contribution >= 0.6 is 23.2 Å². The molecule has 17 nitrogen and oxygen atoms in total. The van der Waals surface area contributed by atoms with E-state index in [9.17, 15) is 28.8 Å². The number of aromatic amines is 1. The number of piperidine rings is 2. The number of aromatic nitrogens is 5. The number of carbonyl (C=O) groups excluding carboxylic acids is 6. The van der Waals surface area contributed by atoms with E-state index in [0.717, 1.165) is 75.2 Å². The lowest BCUT2D eigenvalue weighted by molar-refractivity contribution is -0.136. The van der Waals surface area contributed by atoms with Crippen molar-refractivity contribution in [1.29, 1.82) is 0 Å². The van der Waals surface area contributed by atoms with Gasteiger partial charge in [-0.05, 0) is 82.2 Å². The topological polar surface area (TPSA) is 214 Å². The molecule has 5 heterocycles. The van der Waals surface area contributed by atoms with E-state index in [4.69, 9.17) is 27.9 Å². The Morgan fingerprint density at radius 1 is 0.812 bits per heavy atom. The number of H-pyrrole nitrogens is 1. The normalized spacial score (nSPS) is 16.8. The lowest BCUT2D eigenvalue weighted by Crippen LogP contribution is -2.54. The summed E-state index contributed by atoms with van der Waals surface area (Å²) >= 11 is 12.3. The van der Waals surface area contributed by atoms with Gasteiger partial charge in [-0.3, -0.25) is 48.8 Å². The fourth-order valence-electron chi connectivity index (χ4n) is 8.44. The van der Waals surface area contributed by atoms with Crippen LogP contribution in [0, 0.1) is 0 Å². The van der Waals surface area contributed by atoms with E-state index >= 15 is 0 Å². The highest BCUT2D eigenvalue weighted by Crippen LogP contribution is 2.34. The number of rotatable bonds is 22. The number of ether oxygens (including phenoxy) is 1. The van der Waals surface area contributed by atoms with Crippen LogP contribution in [0.1, 0.15) is 137 Å². The summed E-state index contributed by atoms with van der Waals surface area (Å²) in [5.74, 6) is -2.74. The second-order valence-electron chi connectivity index (χ2n) is 16.5. The molecule has 19 heteroatoms. The molecule has 4 aromatic rings. The number of unbranched alkanes of at least 4 members (excludes halogenated alkanes) is 8. The van der Waals surface area contributed by atoms with Gasteiger partial charge in [-0.2, -0.15) is 5.10 Å². The highest BCUT2D eigenvalue weighted by molar-refractivity contribution is 6.40. The zero-order chi connectivity index (χ0) is 45.0. The Hall–Kier alpha value is -5.65. The molecule has 1 unspecified atom stereocenters. The lowest BCUT2D eigenvalue weighted by Gasteiger charge is -2.32. The number of nitrogens with one attached hydrogen (secondary N) is 4. The number of imide groups is 2. The number of fused-ring (bicyclic) bond motifs is 1. The average Bonchev–Trinajstić information content (AvgIpc) is 4.00. The molecule has 2 fully saturated rings. The Morgan fingerprint density at radius 2 is 1.52 bits per heavy atom. The van der Waals surface area contributed by atoms with E-state index in [1.54, 1.807) is 36.4 Å². The van der Waals surface area contributed by atoms with Gasteiger partial charge in [-0.15, -0.1) is 5.10 Å². The molecule has 0 bridgehead atoms. The highest BCUT2D eigenvalue weighted by Gasteiger charge is 2.46. The molecule has 3 aliphatic heterocycles. The van der Waals surface area contributed by atoms with E-state index < -0.39 is 35.6 Å². The van der Waals surface area contributed by atoms with E-state index in [1.165, 1.54) is 38.3 Å². The van der Waals surface area contributed by atoms with Gasteiger partial charge in [0.2, 0.25) is 11.8 Å². The van der Waals surface area contributed by atoms with Crippen LogP contribution in [0.2, 0.25) is 10.0 Å². The summed E-state index contributed by atoms with van der Waals surface area (Å²) in [4.78, 5) is 79.6. The van der Waals surface area contributed by atoms with Crippen LogP contribution in [0.3, 0.4) is 0 Å². The van der Waals surface area contributed by atoms with Crippen molar-refractivity contribution in [1.82, 2.24) is 45.6 Å². The number of carbonyl (C=O) groups is 6. The van der Waals surface area contributed by atoms with Crippen molar-refractivity contribution in [2.24, 2.45) is 0 Å². The molecule has 2 aromatic heterocycles. The van der Waals surface area contributed by atoms with Gasteiger partial charge in [-0.1, -0.05) is 79.1 Å². The first kappa shape index (κ1) is 46.3. The number of nitrogens with zero attached hydrogens (tertiary/aromatic N) is 6. The van der Waals surface area contributed by atoms with Gasteiger partial charge in [0.1, 0.15) is 17.5 Å². The maximum Gasteiger partial charge on any atom is 0.271 e. The minimum atomic E-state index is -1.02. The summed E-state index contributed by atoms with van der Waals surface area (Å²) in [6.07, 6.45) is 17.1. The minimum absolute atomic E-state index is 0.0385. The standard InChI is InChI=1S/C45H54Cl2N10O7/c46-32-15-12-16-33(47)39(32)42(60)50-34-27-48-53-40(34)43(61)49-29-20-24-55(25-21-29)22-8-6-4-2-1-3-5-7-13-30-28-56(54-52-30)23-9-10-26-64-36-17-11-14-31-38(36)45(63)57(44(31)62)35-18-19-37(58)51-41(35)59/h11-12,14-17,27-29,35H,1-10,13,18-26H2,(H,48,53)(H,49,61)(H,50,60)(H,51,58,59). The van der Waals surface area contributed by atoms with Crippen molar-refractivity contribution in [2.75, 3.05) is 31.6 Å². The monoisotopic (exact) mass is 916 g/mol. The third kappa shape index (κ3) is 11.7. The summed E-state index contributed by atoms with van der Waals surface area (Å²) in [5.41, 5.74) is 1.91. The van der Waals surface area contributed by atoms with Gasteiger partial charge in [0.05, 0.1) is 50.9 Å². The number of amides is 6. The highest BCUT2D eigenvalue weighted by atomic mass is 35.5. The molecular weight excluding hydrogens is 863 g/mol. The van der Waals surface area contributed by atoms with Crippen LogP contribution in [-0.2, 0) is 22.6 Å². The Labute approximate surface area is 381 Å². The molecule has 340 valence electrons. The van der Waals surface area contributed by atoms with E-state index in [-0.39, 0.29) is 62.9 Å². The fraction of sp³-hybridized carbons (Fsp3) is 0.489. The SMILES string of the molecule is O=C1CCC(N2C(=O)c3cccc(OCCCCn4cc(CCCCCCCCCCN5CCC(NC(=O)c6[nH]ncc6NC(=O)c6c(Cl)cccc6Cl)CC5)nn4)c3C2=O)C(=O)N1. The molecule has 2 aromatic carbocycles. The van der Waals surface area contributed by atoms with Crippen LogP contribution < -0.4 is 20.7 Å².